The van der Waals surface area contributed by atoms with E-state index in [2.05, 4.69) is 22.8 Å². The Kier molecular flexibility index (Phi) is 5.88. The molecule has 1 amide bonds. The van der Waals surface area contributed by atoms with Gasteiger partial charge in [-0.15, -0.1) is 0 Å². The number of carbonyl (C=O) groups excluding carboxylic acids is 1. The van der Waals surface area contributed by atoms with E-state index in [0.717, 1.165) is 25.1 Å². The molecule has 1 fully saturated rings. The van der Waals surface area contributed by atoms with Crippen molar-refractivity contribution >= 4 is 6.09 Å². The molecule has 1 saturated carbocycles. The molecule has 0 saturated heterocycles. The molecule has 1 aromatic carbocycles. The van der Waals surface area contributed by atoms with Crippen LogP contribution in [0.1, 0.15) is 46.1 Å². The Bertz CT molecular complexity index is 519. The van der Waals surface area contributed by atoms with Gasteiger partial charge in [0.05, 0.1) is 6.61 Å². The number of benzene rings is 1. The van der Waals surface area contributed by atoms with E-state index in [1.807, 2.05) is 39.8 Å². The molecule has 2 rings (SSSR count). The average molecular weight is 320 g/mol. The zero-order valence-corrected chi connectivity index (χ0v) is 14.5. The van der Waals surface area contributed by atoms with Crippen molar-refractivity contribution in [2.45, 2.75) is 64.8 Å². The molecule has 1 aliphatic carbocycles. The van der Waals surface area contributed by atoms with Crippen LogP contribution in [-0.4, -0.2) is 30.4 Å². The largest absolute Gasteiger partial charge is 0.494 e. The molecule has 1 aliphatic rings. The molecule has 5 nitrogen and oxygen atoms in total. The minimum Gasteiger partial charge on any atom is -0.494 e. The lowest BCUT2D eigenvalue weighted by Gasteiger charge is -2.36. The Morgan fingerprint density at radius 2 is 2.00 bits per heavy atom. The third-order valence-electron chi connectivity index (χ3n) is 3.66. The van der Waals surface area contributed by atoms with Gasteiger partial charge in [0.2, 0.25) is 0 Å². The zero-order valence-electron chi connectivity index (χ0n) is 14.5. The average Bonchev–Trinajstić information content (AvgIpc) is 2.40. The van der Waals surface area contributed by atoms with E-state index < -0.39 is 5.60 Å². The standard InChI is InChI=1S/C18H28N2O3/c1-5-22-16-8-6-7-13(9-16)12-19-14-10-15(11-14)20-17(21)23-18(2,3)4/h6-9,14-15,19H,5,10-12H2,1-4H3,(H,20,21). The molecule has 128 valence electrons. The second-order valence-electron chi connectivity index (χ2n) is 6.97. The van der Waals surface area contributed by atoms with Gasteiger partial charge < -0.3 is 20.1 Å². The van der Waals surface area contributed by atoms with Crippen LogP contribution in [0, 0.1) is 0 Å². The minimum absolute atomic E-state index is 0.206. The molecule has 0 radical (unpaired) electrons. The maximum atomic E-state index is 11.7. The number of nitrogens with one attached hydrogen (secondary N) is 2. The van der Waals surface area contributed by atoms with Crippen LogP contribution in [0.3, 0.4) is 0 Å². The number of rotatable bonds is 6. The van der Waals surface area contributed by atoms with Crippen molar-refractivity contribution < 1.29 is 14.3 Å². The van der Waals surface area contributed by atoms with Gasteiger partial charge in [-0.25, -0.2) is 4.79 Å². The molecule has 1 aromatic rings. The Morgan fingerprint density at radius 1 is 1.26 bits per heavy atom. The molecule has 0 spiro atoms. The van der Waals surface area contributed by atoms with Crippen molar-refractivity contribution in [2.24, 2.45) is 0 Å². The van der Waals surface area contributed by atoms with E-state index in [4.69, 9.17) is 9.47 Å². The van der Waals surface area contributed by atoms with Crippen molar-refractivity contribution in [1.82, 2.24) is 10.6 Å². The lowest BCUT2D eigenvalue weighted by Crippen LogP contribution is -2.52. The number of ether oxygens (including phenoxy) is 2. The normalized spacial score (nSPS) is 20.5. The molecule has 0 bridgehead atoms. The van der Waals surface area contributed by atoms with E-state index in [1.54, 1.807) is 0 Å². The van der Waals surface area contributed by atoms with Crippen LogP contribution in [0.5, 0.6) is 5.75 Å². The smallest absolute Gasteiger partial charge is 0.407 e. The quantitative estimate of drug-likeness (QED) is 0.845. The van der Waals surface area contributed by atoms with E-state index in [1.165, 1.54) is 5.56 Å². The molecule has 2 N–H and O–H groups in total. The van der Waals surface area contributed by atoms with Gasteiger partial charge in [0, 0.05) is 18.6 Å². The van der Waals surface area contributed by atoms with Gasteiger partial charge >= 0.3 is 6.09 Å². The molecule has 0 aromatic heterocycles. The minimum atomic E-state index is -0.447. The fourth-order valence-electron chi connectivity index (χ4n) is 2.55. The number of hydrogen-bond acceptors (Lipinski definition) is 4. The molecule has 0 heterocycles. The zero-order chi connectivity index (χ0) is 16.9. The highest BCUT2D eigenvalue weighted by atomic mass is 16.6. The molecule has 0 atom stereocenters. The van der Waals surface area contributed by atoms with Crippen LogP contribution < -0.4 is 15.4 Å². The van der Waals surface area contributed by atoms with Crippen LogP contribution in [0.4, 0.5) is 4.79 Å². The summed E-state index contributed by atoms with van der Waals surface area (Å²) in [5.74, 6) is 0.907. The summed E-state index contributed by atoms with van der Waals surface area (Å²) in [7, 11) is 0. The first-order valence-electron chi connectivity index (χ1n) is 8.30. The van der Waals surface area contributed by atoms with Crippen LogP contribution >= 0.6 is 0 Å². The van der Waals surface area contributed by atoms with Crippen LogP contribution in [0.25, 0.3) is 0 Å². The third kappa shape index (κ3) is 6.10. The predicted molar refractivity (Wildman–Crippen MR) is 90.6 cm³/mol. The molecular formula is C18H28N2O3. The van der Waals surface area contributed by atoms with E-state index in [-0.39, 0.29) is 12.1 Å². The summed E-state index contributed by atoms with van der Waals surface area (Å²) in [5, 5.41) is 6.41. The maximum absolute atomic E-state index is 11.7. The van der Waals surface area contributed by atoms with Gasteiger partial charge in [-0.1, -0.05) is 12.1 Å². The summed E-state index contributed by atoms with van der Waals surface area (Å²) >= 11 is 0. The highest BCUT2D eigenvalue weighted by molar-refractivity contribution is 5.68. The maximum Gasteiger partial charge on any atom is 0.407 e. The van der Waals surface area contributed by atoms with Gasteiger partial charge in [0.1, 0.15) is 11.4 Å². The number of amides is 1. The summed E-state index contributed by atoms with van der Waals surface area (Å²) in [6, 6.07) is 8.77. The monoisotopic (exact) mass is 320 g/mol. The first-order valence-corrected chi connectivity index (χ1v) is 8.30. The Balaban J connectivity index is 1.66. The summed E-state index contributed by atoms with van der Waals surface area (Å²) in [5.41, 5.74) is 0.761. The van der Waals surface area contributed by atoms with E-state index in [0.29, 0.717) is 12.6 Å². The molecule has 23 heavy (non-hydrogen) atoms. The number of alkyl carbamates (subject to hydrolysis) is 1. The highest BCUT2D eigenvalue weighted by Gasteiger charge is 2.31. The molecule has 0 aliphatic heterocycles. The van der Waals surface area contributed by atoms with E-state index >= 15 is 0 Å². The summed E-state index contributed by atoms with van der Waals surface area (Å²) in [4.78, 5) is 11.7. The SMILES string of the molecule is CCOc1cccc(CNC2CC(NC(=O)OC(C)(C)C)C2)c1. The second-order valence-corrected chi connectivity index (χ2v) is 6.97. The van der Waals surface area contributed by atoms with Crippen LogP contribution in [0.2, 0.25) is 0 Å². The lowest BCUT2D eigenvalue weighted by molar-refractivity contribution is 0.0465. The summed E-state index contributed by atoms with van der Waals surface area (Å²) in [6.07, 6.45) is 1.54. The van der Waals surface area contributed by atoms with E-state index in [9.17, 15) is 4.79 Å². The number of hydrogen-bond donors (Lipinski definition) is 2. The van der Waals surface area contributed by atoms with Crippen LogP contribution in [-0.2, 0) is 11.3 Å². The Labute approximate surface area is 138 Å². The topological polar surface area (TPSA) is 59.6 Å². The lowest BCUT2D eigenvalue weighted by atomic mass is 9.87. The van der Waals surface area contributed by atoms with Gasteiger partial charge in [-0.05, 0) is 58.2 Å². The molecular weight excluding hydrogens is 292 g/mol. The van der Waals surface area contributed by atoms with Crippen molar-refractivity contribution in [3.63, 3.8) is 0 Å². The fraction of sp³-hybridized carbons (Fsp3) is 0.611. The first-order chi connectivity index (χ1) is 10.9. The second kappa shape index (κ2) is 7.68. The highest BCUT2D eigenvalue weighted by Crippen LogP contribution is 2.21. The first kappa shape index (κ1) is 17.6. The summed E-state index contributed by atoms with van der Waals surface area (Å²) in [6.45, 7) is 9.08. The third-order valence-corrected chi connectivity index (χ3v) is 3.66. The predicted octanol–water partition coefficient (Wildman–Crippen LogP) is 3.23. The Morgan fingerprint density at radius 3 is 2.65 bits per heavy atom. The molecule has 0 unspecified atom stereocenters. The Hall–Kier alpha value is -1.75. The van der Waals surface area contributed by atoms with Crippen LogP contribution in [0.15, 0.2) is 24.3 Å². The van der Waals surface area contributed by atoms with Crippen molar-refractivity contribution in [2.75, 3.05) is 6.61 Å². The fourth-order valence-corrected chi connectivity index (χ4v) is 2.55. The van der Waals surface area contributed by atoms with Crippen molar-refractivity contribution in [3.8, 4) is 5.75 Å². The number of carbonyl (C=O) groups is 1. The van der Waals surface area contributed by atoms with Crippen molar-refractivity contribution in [1.29, 1.82) is 0 Å². The van der Waals surface area contributed by atoms with Gasteiger partial charge in [-0.2, -0.15) is 0 Å². The summed E-state index contributed by atoms with van der Waals surface area (Å²) < 4.78 is 10.8. The van der Waals surface area contributed by atoms with Crippen molar-refractivity contribution in [3.05, 3.63) is 29.8 Å². The van der Waals surface area contributed by atoms with Gasteiger partial charge in [0.25, 0.3) is 0 Å². The molecule has 5 heteroatoms. The van der Waals surface area contributed by atoms with Gasteiger partial charge in [-0.3, -0.25) is 0 Å². The van der Waals surface area contributed by atoms with Gasteiger partial charge in [0.15, 0.2) is 0 Å².